The first-order valence-corrected chi connectivity index (χ1v) is 8.63. The second-order valence-corrected chi connectivity index (χ2v) is 7.36. The summed E-state index contributed by atoms with van der Waals surface area (Å²) in [4.78, 5) is -0.231. The molecule has 0 amide bonds. The average molecular weight is 346 g/mol. The van der Waals surface area contributed by atoms with Crippen molar-refractivity contribution in [2.45, 2.75) is 23.8 Å². The van der Waals surface area contributed by atoms with Gasteiger partial charge < -0.3 is 9.47 Å². The molecule has 1 fully saturated rings. The lowest BCUT2D eigenvalue weighted by Gasteiger charge is -2.13. The quantitative estimate of drug-likeness (QED) is 0.784. The molecule has 0 radical (unpaired) electrons. The van der Waals surface area contributed by atoms with Gasteiger partial charge in [0.1, 0.15) is 22.3 Å². The van der Waals surface area contributed by atoms with Crippen LogP contribution in [-0.2, 0) is 13.8 Å². The Morgan fingerprint density at radius 2 is 2.05 bits per heavy atom. The molecule has 0 N–H and O–H groups in total. The third-order valence-electron chi connectivity index (χ3n) is 2.72. The molecule has 8 heteroatoms. The highest BCUT2D eigenvalue weighted by Gasteiger charge is 2.21. The van der Waals surface area contributed by atoms with Gasteiger partial charge in [0.05, 0.1) is 11.1 Å². The molecular weight excluding hydrogens is 335 g/mol. The molecule has 1 aliphatic heterocycles. The minimum Gasteiger partial charge on any atom is -0.489 e. The summed E-state index contributed by atoms with van der Waals surface area (Å²) in [7, 11) is 1.31. The summed E-state index contributed by atoms with van der Waals surface area (Å²) in [6.45, 7) is 1.08. The molecule has 0 aromatic heterocycles. The van der Waals surface area contributed by atoms with Gasteiger partial charge in [-0.05, 0) is 25.0 Å². The molecule has 1 heterocycles. The van der Waals surface area contributed by atoms with Crippen molar-refractivity contribution in [2.24, 2.45) is 0 Å². The second-order valence-electron chi connectivity index (χ2n) is 4.07. The van der Waals surface area contributed by atoms with Crippen LogP contribution >= 0.6 is 33.9 Å². The third kappa shape index (κ3) is 3.67. The first-order valence-electron chi connectivity index (χ1n) is 5.56. The van der Waals surface area contributed by atoms with E-state index in [2.05, 4.69) is 0 Å². The molecule has 19 heavy (non-hydrogen) atoms. The molecule has 0 bridgehead atoms. The molecule has 4 nitrogen and oxygen atoms in total. The van der Waals surface area contributed by atoms with Crippen LogP contribution in [0.4, 0.5) is 0 Å². The van der Waals surface area contributed by atoms with Crippen LogP contribution in [0.2, 0.25) is 10.0 Å². The van der Waals surface area contributed by atoms with Crippen LogP contribution in [0.25, 0.3) is 0 Å². The molecule has 1 saturated heterocycles. The topological polar surface area (TPSA) is 52.6 Å². The van der Waals surface area contributed by atoms with E-state index >= 15 is 0 Å². The van der Waals surface area contributed by atoms with Gasteiger partial charge in [0.2, 0.25) is 0 Å². The van der Waals surface area contributed by atoms with Crippen LogP contribution in [-0.4, -0.2) is 27.7 Å². The zero-order valence-corrected chi connectivity index (χ0v) is 12.8. The Morgan fingerprint density at radius 3 is 2.63 bits per heavy atom. The Hall–Kier alpha value is -0.200. The fraction of sp³-hybridized carbons (Fsp3) is 0.455. The van der Waals surface area contributed by atoms with Gasteiger partial charge in [0.15, 0.2) is 0 Å². The fourth-order valence-electron chi connectivity index (χ4n) is 1.77. The van der Waals surface area contributed by atoms with Crippen LogP contribution in [0.3, 0.4) is 0 Å². The van der Waals surface area contributed by atoms with Gasteiger partial charge in [0, 0.05) is 17.3 Å². The van der Waals surface area contributed by atoms with Crippen LogP contribution in [0.15, 0.2) is 17.0 Å². The summed E-state index contributed by atoms with van der Waals surface area (Å²) in [5.74, 6) is 0.311. The van der Waals surface area contributed by atoms with E-state index in [9.17, 15) is 8.42 Å². The van der Waals surface area contributed by atoms with Crippen molar-refractivity contribution in [3.8, 4) is 5.75 Å². The lowest BCUT2D eigenvalue weighted by Crippen LogP contribution is -2.16. The smallest absolute Gasteiger partial charge is 0.262 e. The summed E-state index contributed by atoms with van der Waals surface area (Å²) in [5.41, 5.74) is 0. The Kier molecular flexibility index (Phi) is 4.84. The maximum Gasteiger partial charge on any atom is 0.262 e. The van der Waals surface area contributed by atoms with Crippen molar-refractivity contribution in [3.63, 3.8) is 0 Å². The zero-order chi connectivity index (χ0) is 14.0. The van der Waals surface area contributed by atoms with Gasteiger partial charge in [-0.3, -0.25) is 0 Å². The van der Waals surface area contributed by atoms with Crippen molar-refractivity contribution >= 4 is 42.9 Å². The molecule has 0 aliphatic carbocycles. The summed E-state index contributed by atoms with van der Waals surface area (Å²) < 4.78 is 33.4. The largest absolute Gasteiger partial charge is 0.489 e. The maximum absolute atomic E-state index is 11.2. The van der Waals surface area contributed by atoms with Crippen LogP contribution in [0.5, 0.6) is 5.75 Å². The third-order valence-corrected chi connectivity index (χ3v) is 5.06. The zero-order valence-electron chi connectivity index (χ0n) is 9.74. The minimum absolute atomic E-state index is 0.0291. The van der Waals surface area contributed by atoms with E-state index in [1.807, 2.05) is 0 Å². The monoisotopic (exact) mass is 344 g/mol. The molecule has 106 valence electrons. The summed E-state index contributed by atoms with van der Waals surface area (Å²) >= 11 is 11.8. The predicted octanol–water partition coefficient (Wildman–Crippen LogP) is 3.48. The number of benzene rings is 1. The van der Waals surface area contributed by atoms with E-state index < -0.39 is 9.05 Å². The number of halogens is 3. The minimum atomic E-state index is -3.93. The molecule has 1 aromatic rings. The molecule has 2 rings (SSSR count). The highest BCUT2D eigenvalue weighted by atomic mass is 35.7. The van der Waals surface area contributed by atoms with E-state index in [1.165, 1.54) is 12.1 Å². The van der Waals surface area contributed by atoms with Crippen LogP contribution in [0, 0.1) is 0 Å². The Bertz CT molecular complexity index is 568. The van der Waals surface area contributed by atoms with Crippen LogP contribution < -0.4 is 4.74 Å². The molecule has 1 unspecified atom stereocenters. The molecule has 1 aromatic carbocycles. The normalized spacial score (nSPS) is 19.6. The highest BCUT2D eigenvalue weighted by Crippen LogP contribution is 2.38. The van der Waals surface area contributed by atoms with Crippen molar-refractivity contribution < 1.29 is 17.9 Å². The van der Waals surface area contributed by atoms with E-state index in [4.69, 9.17) is 43.4 Å². The Labute approximate surface area is 126 Å². The average Bonchev–Trinajstić information content (AvgIpc) is 2.82. The van der Waals surface area contributed by atoms with Gasteiger partial charge in [-0.15, -0.1) is 0 Å². The molecule has 0 spiro atoms. The van der Waals surface area contributed by atoms with Crippen molar-refractivity contribution in [3.05, 3.63) is 22.2 Å². The SMILES string of the molecule is O=S(=O)(Cl)c1ccc(OCC2CCCO2)c(Cl)c1Cl. The van der Waals surface area contributed by atoms with E-state index in [0.29, 0.717) is 12.4 Å². The Balaban J connectivity index is 2.16. The Morgan fingerprint density at radius 1 is 1.32 bits per heavy atom. The van der Waals surface area contributed by atoms with Gasteiger partial charge in [-0.2, -0.15) is 0 Å². The lowest BCUT2D eigenvalue weighted by atomic mass is 10.2. The van der Waals surface area contributed by atoms with E-state index in [0.717, 1.165) is 19.4 Å². The van der Waals surface area contributed by atoms with Crippen molar-refractivity contribution in [1.82, 2.24) is 0 Å². The van der Waals surface area contributed by atoms with Gasteiger partial charge in [0.25, 0.3) is 9.05 Å². The summed E-state index contributed by atoms with van der Waals surface area (Å²) in [5, 5.41) is -0.108. The number of hydrogen-bond donors (Lipinski definition) is 0. The first kappa shape index (κ1) is 15.2. The summed E-state index contributed by atoms with van der Waals surface area (Å²) in [6.07, 6.45) is 1.97. The number of rotatable bonds is 4. The fourth-order valence-corrected chi connectivity index (χ4v) is 3.56. The van der Waals surface area contributed by atoms with Crippen molar-refractivity contribution in [1.29, 1.82) is 0 Å². The van der Waals surface area contributed by atoms with E-state index in [-0.39, 0.29) is 21.0 Å². The molecule has 1 aliphatic rings. The molecule has 1 atom stereocenters. The van der Waals surface area contributed by atoms with E-state index in [1.54, 1.807) is 0 Å². The number of ether oxygens (including phenoxy) is 2. The molecule has 0 saturated carbocycles. The lowest BCUT2D eigenvalue weighted by molar-refractivity contribution is 0.0680. The van der Waals surface area contributed by atoms with Gasteiger partial charge in [-0.1, -0.05) is 23.2 Å². The highest BCUT2D eigenvalue weighted by molar-refractivity contribution is 8.13. The second kappa shape index (κ2) is 6.06. The van der Waals surface area contributed by atoms with Crippen molar-refractivity contribution in [2.75, 3.05) is 13.2 Å². The standard InChI is InChI=1S/C11H11Cl3O4S/c12-10-8(18-6-7-2-1-5-17-7)3-4-9(11(10)13)19(14,15)16/h3-4,7H,1-2,5-6H2. The number of hydrogen-bond acceptors (Lipinski definition) is 4. The van der Waals surface area contributed by atoms with Crippen LogP contribution in [0.1, 0.15) is 12.8 Å². The summed E-state index contributed by atoms with van der Waals surface area (Å²) in [6, 6.07) is 2.69. The first-order chi connectivity index (χ1) is 8.89. The van der Waals surface area contributed by atoms with Gasteiger partial charge in [-0.25, -0.2) is 8.42 Å². The van der Waals surface area contributed by atoms with Gasteiger partial charge >= 0.3 is 0 Å². The predicted molar refractivity (Wildman–Crippen MR) is 74.0 cm³/mol. The molecular formula is C11H11Cl3O4S. The maximum atomic E-state index is 11.2.